The first-order chi connectivity index (χ1) is 14.8. The van der Waals surface area contributed by atoms with E-state index < -0.39 is 0 Å². The van der Waals surface area contributed by atoms with Gasteiger partial charge < -0.3 is 24.8 Å². The summed E-state index contributed by atoms with van der Waals surface area (Å²) in [4.78, 5) is 11.6. The summed E-state index contributed by atoms with van der Waals surface area (Å²) < 4.78 is 5.53. The minimum Gasteiger partial charge on any atom is -0.495 e. The second-order valence-corrected chi connectivity index (χ2v) is 7.59. The van der Waals surface area contributed by atoms with Gasteiger partial charge in [0, 0.05) is 58.5 Å². The average Bonchev–Trinajstić information content (AvgIpc) is 3.35. The highest BCUT2D eigenvalue weighted by atomic mass is 127. The number of anilines is 2. The van der Waals surface area contributed by atoms with E-state index in [1.165, 1.54) is 11.3 Å². The van der Waals surface area contributed by atoms with Crippen LogP contribution in [-0.2, 0) is 6.54 Å². The number of hydrogen-bond donors (Lipinski definition) is 1. The molecule has 2 aliphatic heterocycles. The molecule has 4 rings (SSSR count). The molecule has 0 saturated carbocycles. The Morgan fingerprint density at radius 3 is 2.42 bits per heavy atom. The van der Waals surface area contributed by atoms with Crippen LogP contribution in [0.3, 0.4) is 0 Å². The maximum Gasteiger partial charge on any atom is 0.194 e. The highest BCUT2D eigenvalue weighted by Gasteiger charge is 2.21. The predicted octanol–water partition coefficient (Wildman–Crippen LogP) is 3.59. The third-order valence-electron chi connectivity index (χ3n) is 5.76. The van der Waals surface area contributed by atoms with E-state index in [9.17, 15) is 0 Å². The van der Waals surface area contributed by atoms with Gasteiger partial charge in [0.05, 0.1) is 12.8 Å². The van der Waals surface area contributed by atoms with Gasteiger partial charge in [0.2, 0.25) is 0 Å². The summed E-state index contributed by atoms with van der Waals surface area (Å²) in [6.45, 7) is 6.50. The number of para-hydroxylation sites is 2. The van der Waals surface area contributed by atoms with Crippen LogP contribution in [0.2, 0.25) is 0 Å². The van der Waals surface area contributed by atoms with E-state index in [2.05, 4.69) is 73.6 Å². The Morgan fingerprint density at radius 2 is 1.71 bits per heavy atom. The Hall–Kier alpha value is -2.42. The molecular weight excluding hydrogens is 501 g/mol. The number of nitrogens with zero attached hydrogens (tertiary/aromatic N) is 4. The number of methoxy groups -OCH3 is 1. The minimum atomic E-state index is 0. The van der Waals surface area contributed by atoms with Crippen LogP contribution in [0.1, 0.15) is 5.56 Å². The quantitative estimate of drug-likeness (QED) is 0.276. The largest absolute Gasteiger partial charge is 0.495 e. The number of hydrogen-bond acceptors (Lipinski definition) is 4. The maximum absolute atomic E-state index is 5.53. The summed E-state index contributed by atoms with van der Waals surface area (Å²) in [7, 11) is 3.59. The molecule has 1 N–H and O–H groups in total. The molecule has 6 nitrogen and oxygen atoms in total. The molecule has 2 aromatic rings. The van der Waals surface area contributed by atoms with Gasteiger partial charge in [-0.3, -0.25) is 4.99 Å². The predicted molar refractivity (Wildman–Crippen MR) is 140 cm³/mol. The first-order valence-corrected chi connectivity index (χ1v) is 10.6. The van der Waals surface area contributed by atoms with Gasteiger partial charge in [0.25, 0.3) is 0 Å². The molecule has 31 heavy (non-hydrogen) atoms. The number of ether oxygens (including phenoxy) is 1. The lowest BCUT2D eigenvalue weighted by Gasteiger charge is -2.38. The number of benzene rings is 2. The van der Waals surface area contributed by atoms with Gasteiger partial charge in [-0.15, -0.1) is 24.0 Å². The standard InChI is InChI=1S/C24H31N5O.HI/c1-25-24(26-19-20-8-7-9-21(18-20)27-12-5-6-13-27)29-16-14-28(15-17-29)22-10-3-4-11-23(22)30-2;/h3-11,18H,12-17,19H2,1-2H3,(H,25,26);1H. The van der Waals surface area contributed by atoms with Crippen LogP contribution in [0.15, 0.2) is 65.7 Å². The van der Waals surface area contributed by atoms with Gasteiger partial charge in [0.1, 0.15) is 5.75 Å². The summed E-state index contributed by atoms with van der Waals surface area (Å²) in [5, 5.41) is 3.55. The lowest BCUT2D eigenvalue weighted by molar-refractivity contribution is 0.367. The molecule has 0 atom stereocenters. The normalized spacial score (nSPS) is 16.3. The molecular formula is C24H32IN5O. The molecule has 0 spiro atoms. The van der Waals surface area contributed by atoms with Crippen molar-refractivity contribution in [1.29, 1.82) is 0 Å². The van der Waals surface area contributed by atoms with Crippen molar-refractivity contribution in [1.82, 2.24) is 10.2 Å². The van der Waals surface area contributed by atoms with Crippen LogP contribution < -0.4 is 19.9 Å². The monoisotopic (exact) mass is 533 g/mol. The molecule has 0 bridgehead atoms. The second-order valence-electron chi connectivity index (χ2n) is 7.59. The van der Waals surface area contributed by atoms with Crippen LogP contribution in [0.4, 0.5) is 11.4 Å². The molecule has 2 aromatic carbocycles. The first-order valence-electron chi connectivity index (χ1n) is 10.6. The molecule has 0 aliphatic carbocycles. The topological polar surface area (TPSA) is 43.3 Å². The van der Waals surface area contributed by atoms with E-state index in [0.717, 1.165) is 63.2 Å². The summed E-state index contributed by atoms with van der Waals surface area (Å²) in [5.41, 5.74) is 3.71. The van der Waals surface area contributed by atoms with Gasteiger partial charge in [-0.05, 0) is 29.8 Å². The van der Waals surface area contributed by atoms with Crippen LogP contribution in [-0.4, -0.2) is 64.3 Å². The fraction of sp³-hybridized carbons (Fsp3) is 0.375. The van der Waals surface area contributed by atoms with Crippen LogP contribution >= 0.6 is 24.0 Å². The van der Waals surface area contributed by atoms with E-state index in [0.29, 0.717) is 0 Å². The van der Waals surface area contributed by atoms with Gasteiger partial charge >= 0.3 is 0 Å². The summed E-state index contributed by atoms with van der Waals surface area (Å²) in [5.74, 6) is 1.89. The minimum absolute atomic E-state index is 0. The third kappa shape index (κ3) is 5.64. The Morgan fingerprint density at radius 1 is 0.968 bits per heavy atom. The molecule has 0 unspecified atom stereocenters. The molecule has 2 heterocycles. The number of halogens is 1. The lowest BCUT2D eigenvalue weighted by atomic mass is 10.2. The Balaban J connectivity index is 0.00000272. The molecule has 1 saturated heterocycles. The van der Waals surface area contributed by atoms with E-state index >= 15 is 0 Å². The van der Waals surface area contributed by atoms with Gasteiger partial charge in [0.15, 0.2) is 5.96 Å². The lowest BCUT2D eigenvalue weighted by Crippen LogP contribution is -2.52. The van der Waals surface area contributed by atoms with E-state index in [1.807, 2.05) is 19.2 Å². The van der Waals surface area contributed by atoms with Crippen molar-refractivity contribution in [2.24, 2.45) is 4.99 Å². The molecule has 166 valence electrons. The van der Waals surface area contributed by atoms with E-state index in [1.54, 1.807) is 7.11 Å². The van der Waals surface area contributed by atoms with Crippen molar-refractivity contribution in [2.75, 3.05) is 63.2 Å². The zero-order valence-corrected chi connectivity index (χ0v) is 20.7. The van der Waals surface area contributed by atoms with Crippen molar-refractivity contribution < 1.29 is 4.74 Å². The van der Waals surface area contributed by atoms with Crippen LogP contribution in [0, 0.1) is 0 Å². The Kier molecular flexibility index (Phi) is 8.45. The van der Waals surface area contributed by atoms with E-state index in [-0.39, 0.29) is 24.0 Å². The highest BCUT2D eigenvalue weighted by Crippen LogP contribution is 2.28. The fourth-order valence-corrected chi connectivity index (χ4v) is 4.12. The Bertz CT molecular complexity index is 900. The molecule has 2 aliphatic rings. The first kappa shape index (κ1) is 23.2. The second kappa shape index (κ2) is 11.3. The zero-order valence-electron chi connectivity index (χ0n) is 18.3. The van der Waals surface area contributed by atoms with Crippen molar-refractivity contribution in [3.63, 3.8) is 0 Å². The molecule has 0 amide bonds. The summed E-state index contributed by atoms with van der Waals surface area (Å²) >= 11 is 0. The molecule has 1 fully saturated rings. The number of nitrogens with one attached hydrogen (secondary N) is 1. The number of rotatable bonds is 5. The number of piperazine rings is 1. The molecule has 0 radical (unpaired) electrons. The maximum atomic E-state index is 5.53. The van der Waals surface area contributed by atoms with Gasteiger partial charge in [-0.2, -0.15) is 0 Å². The smallest absolute Gasteiger partial charge is 0.194 e. The van der Waals surface area contributed by atoms with Gasteiger partial charge in [-0.25, -0.2) is 0 Å². The fourth-order valence-electron chi connectivity index (χ4n) is 4.12. The average molecular weight is 533 g/mol. The highest BCUT2D eigenvalue weighted by molar-refractivity contribution is 14.0. The third-order valence-corrected chi connectivity index (χ3v) is 5.76. The van der Waals surface area contributed by atoms with Gasteiger partial charge in [-0.1, -0.05) is 36.4 Å². The Labute approximate surface area is 202 Å². The SMILES string of the molecule is CN=C(NCc1cccc(N2CC=CC2)c1)N1CCN(c2ccccc2OC)CC1.I. The number of guanidine groups is 1. The molecule has 0 aromatic heterocycles. The van der Waals surface area contributed by atoms with Crippen molar-refractivity contribution >= 4 is 41.3 Å². The van der Waals surface area contributed by atoms with Crippen LogP contribution in [0.5, 0.6) is 5.75 Å². The van der Waals surface area contributed by atoms with Crippen molar-refractivity contribution in [3.8, 4) is 5.75 Å². The van der Waals surface area contributed by atoms with Crippen LogP contribution in [0.25, 0.3) is 0 Å². The van der Waals surface area contributed by atoms with Crippen molar-refractivity contribution in [2.45, 2.75) is 6.54 Å². The zero-order chi connectivity index (χ0) is 20.8. The van der Waals surface area contributed by atoms with Crippen molar-refractivity contribution in [3.05, 3.63) is 66.2 Å². The van der Waals surface area contributed by atoms with E-state index in [4.69, 9.17) is 4.74 Å². The summed E-state index contributed by atoms with van der Waals surface area (Å²) in [6.07, 6.45) is 4.44. The molecule has 7 heteroatoms. The summed E-state index contributed by atoms with van der Waals surface area (Å²) in [6, 6.07) is 17.0. The number of aliphatic imine (C=N–C) groups is 1.